The van der Waals surface area contributed by atoms with Crippen LogP contribution in [0.1, 0.15) is 24.0 Å². The van der Waals surface area contributed by atoms with Crippen LogP contribution in [0.2, 0.25) is 0 Å². The van der Waals surface area contributed by atoms with E-state index in [1.807, 2.05) is 53.4 Å². The average Bonchev–Trinajstić information content (AvgIpc) is 3.27. The minimum absolute atomic E-state index is 0.0946. The van der Waals surface area contributed by atoms with Gasteiger partial charge in [-0.25, -0.2) is 17.9 Å². The number of hydrogen-bond acceptors (Lipinski definition) is 5. The Morgan fingerprint density at radius 1 is 0.914 bits per heavy atom. The van der Waals surface area contributed by atoms with E-state index in [2.05, 4.69) is 4.72 Å². The van der Waals surface area contributed by atoms with E-state index in [1.54, 1.807) is 6.07 Å². The fraction of sp³-hybridized carbons (Fsp3) is 0.185. The molecule has 0 spiro atoms. The van der Waals surface area contributed by atoms with Gasteiger partial charge in [0.25, 0.3) is 0 Å². The van der Waals surface area contributed by atoms with Gasteiger partial charge in [0.2, 0.25) is 15.9 Å². The number of hydrogen-bond donors (Lipinski definition) is 1. The lowest BCUT2D eigenvalue weighted by atomic mass is 9.98. The molecule has 4 aromatic rings. The van der Waals surface area contributed by atoms with Gasteiger partial charge in [-0.2, -0.15) is 0 Å². The number of sulfonamides is 1. The molecular weight excluding hydrogens is 464 g/mol. The van der Waals surface area contributed by atoms with Gasteiger partial charge < -0.3 is 9.32 Å². The number of amides is 1. The lowest BCUT2D eigenvalue weighted by Gasteiger charge is -2.16. The van der Waals surface area contributed by atoms with Crippen LogP contribution < -0.4 is 10.3 Å². The van der Waals surface area contributed by atoms with Crippen molar-refractivity contribution in [3.63, 3.8) is 0 Å². The monoisotopic (exact) mass is 488 g/mol. The summed E-state index contributed by atoms with van der Waals surface area (Å²) in [7, 11) is -3.79. The zero-order valence-electron chi connectivity index (χ0n) is 18.9. The van der Waals surface area contributed by atoms with Crippen molar-refractivity contribution >= 4 is 26.9 Å². The van der Waals surface area contributed by atoms with E-state index in [0.29, 0.717) is 23.9 Å². The molecule has 0 aliphatic carbocycles. The summed E-state index contributed by atoms with van der Waals surface area (Å²) in [5, 5.41) is 0.531. The Kier molecular flexibility index (Phi) is 6.23. The van der Waals surface area contributed by atoms with Gasteiger partial charge in [-0.3, -0.25) is 4.79 Å². The van der Waals surface area contributed by atoms with E-state index >= 15 is 0 Å². The summed E-state index contributed by atoms with van der Waals surface area (Å²) in [6.07, 6.45) is 1.53. The Morgan fingerprint density at radius 3 is 2.49 bits per heavy atom. The predicted molar refractivity (Wildman–Crippen MR) is 133 cm³/mol. The van der Waals surface area contributed by atoms with E-state index in [9.17, 15) is 18.0 Å². The maximum Gasteiger partial charge on any atom is 0.336 e. The van der Waals surface area contributed by atoms with E-state index in [4.69, 9.17) is 4.42 Å². The van der Waals surface area contributed by atoms with Gasteiger partial charge in [-0.05, 0) is 52.9 Å². The van der Waals surface area contributed by atoms with E-state index in [1.165, 1.54) is 24.3 Å². The Hall–Kier alpha value is -3.75. The zero-order chi connectivity index (χ0) is 24.4. The first-order valence-electron chi connectivity index (χ1n) is 11.4. The molecule has 1 saturated heterocycles. The predicted octanol–water partition coefficient (Wildman–Crippen LogP) is 4.06. The lowest BCUT2D eigenvalue weighted by molar-refractivity contribution is -0.128. The van der Waals surface area contributed by atoms with Crippen molar-refractivity contribution in [2.45, 2.75) is 30.8 Å². The number of fused-ring (bicyclic) bond motifs is 1. The number of nitrogens with zero attached hydrogens (tertiary/aromatic N) is 1. The van der Waals surface area contributed by atoms with Crippen LogP contribution in [0.25, 0.3) is 22.1 Å². The maximum absolute atomic E-state index is 13.0. The number of rotatable bonds is 7. The number of carbonyl (C=O) groups excluding carboxylic acids is 1. The summed E-state index contributed by atoms with van der Waals surface area (Å²) >= 11 is 0. The van der Waals surface area contributed by atoms with Crippen molar-refractivity contribution in [2.75, 3.05) is 6.54 Å². The van der Waals surface area contributed by atoms with Gasteiger partial charge in [-0.1, -0.05) is 48.5 Å². The summed E-state index contributed by atoms with van der Waals surface area (Å²) in [5.41, 5.74) is 3.65. The molecular formula is C27H24N2O5S. The minimum atomic E-state index is -3.79. The quantitative estimate of drug-likeness (QED) is 0.396. The van der Waals surface area contributed by atoms with Crippen LogP contribution in [0.5, 0.6) is 0 Å². The van der Waals surface area contributed by atoms with Crippen molar-refractivity contribution in [2.24, 2.45) is 0 Å². The third kappa shape index (κ3) is 5.03. The molecule has 178 valence electrons. The number of nitrogens with one attached hydrogen (secondary N) is 1. The first-order valence-corrected chi connectivity index (χ1v) is 12.9. The highest BCUT2D eigenvalue weighted by Crippen LogP contribution is 2.26. The van der Waals surface area contributed by atoms with E-state index in [-0.39, 0.29) is 17.3 Å². The van der Waals surface area contributed by atoms with Gasteiger partial charge in [0.1, 0.15) is 5.58 Å². The molecule has 1 aliphatic rings. The minimum Gasteiger partial charge on any atom is -0.423 e. The highest BCUT2D eigenvalue weighted by Gasteiger charge is 2.20. The maximum atomic E-state index is 13.0. The van der Waals surface area contributed by atoms with E-state index < -0.39 is 15.6 Å². The zero-order valence-corrected chi connectivity index (χ0v) is 19.8. The Morgan fingerprint density at radius 2 is 1.71 bits per heavy atom. The molecule has 1 amide bonds. The van der Waals surface area contributed by atoms with Gasteiger partial charge in [0.15, 0.2) is 0 Å². The first-order chi connectivity index (χ1) is 16.9. The molecule has 3 aromatic carbocycles. The summed E-state index contributed by atoms with van der Waals surface area (Å²) in [4.78, 5) is 25.2. The van der Waals surface area contributed by atoms with E-state index in [0.717, 1.165) is 35.2 Å². The number of likely N-dealkylation sites (tertiary alicyclic amines) is 1. The molecule has 1 fully saturated rings. The molecule has 0 radical (unpaired) electrons. The highest BCUT2D eigenvalue weighted by molar-refractivity contribution is 7.89. The molecule has 0 atom stereocenters. The number of carbonyl (C=O) groups is 1. The largest absolute Gasteiger partial charge is 0.423 e. The van der Waals surface area contributed by atoms with Crippen LogP contribution in [0.3, 0.4) is 0 Å². The van der Waals surface area contributed by atoms with Crippen molar-refractivity contribution in [3.05, 3.63) is 100 Å². The average molecular weight is 489 g/mol. The third-order valence-electron chi connectivity index (χ3n) is 6.18. The topological polar surface area (TPSA) is 96.7 Å². The van der Waals surface area contributed by atoms with Gasteiger partial charge in [-0.15, -0.1) is 0 Å². The molecule has 0 unspecified atom stereocenters. The van der Waals surface area contributed by atoms with Crippen molar-refractivity contribution in [3.8, 4) is 11.1 Å². The second kappa shape index (κ2) is 9.48. The Balaban J connectivity index is 1.33. The van der Waals surface area contributed by atoms with Crippen molar-refractivity contribution < 1.29 is 17.6 Å². The van der Waals surface area contributed by atoms with Crippen LogP contribution in [-0.4, -0.2) is 25.8 Å². The van der Waals surface area contributed by atoms with Crippen LogP contribution in [0.15, 0.2) is 93.0 Å². The smallest absolute Gasteiger partial charge is 0.336 e. The SMILES string of the molecule is O=C1CCCN1Cc1ccc(-c2ccccc2CNS(=O)(=O)c2ccc3oc(=O)ccc3c2)cc1. The molecule has 7 nitrogen and oxygen atoms in total. The molecule has 1 aromatic heterocycles. The fourth-order valence-corrected chi connectivity index (χ4v) is 5.35. The summed E-state index contributed by atoms with van der Waals surface area (Å²) < 4.78 is 33.7. The van der Waals surface area contributed by atoms with Crippen LogP contribution in [0, 0.1) is 0 Å². The second-order valence-electron chi connectivity index (χ2n) is 8.55. The Bertz CT molecular complexity index is 1560. The van der Waals surface area contributed by atoms with Crippen LogP contribution in [-0.2, 0) is 27.9 Å². The third-order valence-corrected chi connectivity index (χ3v) is 7.58. The van der Waals surface area contributed by atoms with Gasteiger partial charge >= 0.3 is 5.63 Å². The lowest BCUT2D eigenvalue weighted by Crippen LogP contribution is -2.23. The fourth-order valence-electron chi connectivity index (χ4n) is 4.31. The first kappa shape index (κ1) is 23.0. The standard InChI is InChI=1S/C27H24N2O5S/c30-26-6-3-15-29(26)18-19-7-9-20(10-8-19)24-5-2-1-4-22(24)17-28-35(32,33)23-12-13-25-21(16-23)11-14-27(31)34-25/h1-2,4-5,7-14,16,28H,3,6,15,17-18H2. The normalized spacial score (nSPS) is 14.1. The second-order valence-corrected chi connectivity index (χ2v) is 10.3. The van der Waals surface area contributed by atoms with Crippen LogP contribution >= 0.6 is 0 Å². The van der Waals surface area contributed by atoms with Crippen molar-refractivity contribution in [1.29, 1.82) is 0 Å². The molecule has 2 heterocycles. The highest BCUT2D eigenvalue weighted by atomic mass is 32.2. The molecule has 0 bridgehead atoms. The summed E-state index contributed by atoms with van der Waals surface area (Å²) in [5.74, 6) is 0.197. The van der Waals surface area contributed by atoms with Crippen molar-refractivity contribution in [1.82, 2.24) is 9.62 Å². The summed E-state index contributed by atoms with van der Waals surface area (Å²) in [6, 6.07) is 22.8. The molecule has 8 heteroatoms. The molecule has 5 rings (SSSR count). The summed E-state index contributed by atoms with van der Waals surface area (Å²) in [6.45, 7) is 1.52. The molecule has 35 heavy (non-hydrogen) atoms. The van der Waals surface area contributed by atoms with Crippen LogP contribution in [0.4, 0.5) is 0 Å². The van der Waals surface area contributed by atoms with Gasteiger partial charge in [0.05, 0.1) is 4.90 Å². The number of benzene rings is 3. The Labute approximate surface area is 203 Å². The molecule has 0 saturated carbocycles. The molecule has 1 N–H and O–H groups in total. The van der Waals surface area contributed by atoms with Gasteiger partial charge in [0, 0.05) is 37.5 Å². The molecule has 1 aliphatic heterocycles.